The number of hydrogen-bond donors (Lipinski definition) is 2. The van der Waals surface area contributed by atoms with Gasteiger partial charge in [0.15, 0.2) is 0 Å². The van der Waals surface area contributed by atoms with E-state index < -0.39 is 11.7 Å². The number of benzene rings is 1. The summed E-state index contributed by atoms with van der Waals surface area (Å²) in [5.41, 5.74) is -0.539. The summed E-state index contributed by atoms with van der Waals surface area (Å²) in [6, 6.07) is 5.31. The van der Waals surface area contributed by atoms with E-state index in [0.29, 0.717) is 6.54 Å². The minimum absolute atomic E-state index is 0.0000312. The lowest BCUT2D eigenvalue weighted by molar-refractivity contribution is -0.138. The van der Waals surface area contributed by atoms with Gasteiger partial charge in [0.25, 0.3) is 0 Å². The first-order valence-corrected chi connectivity index (χ1v) is 5.57. The van der Waals surface area contributed by atoms with Crippen LogP contribution in [0.1, 0.15) is 18.1 Å². The van der Waals surface area contributed by atoms with E-state index in [1.54, 1.807) is 13.0 Å². The third-order valence-corrected chi connectivity index (χ3v) is 2.30. The molecule has 0 aliphatic rings. The number of nitrogens with one attached hydrogen (secondary N) is 2. The third-order valence-electron chi connectivity index (χ3n) is 2.30. The van der Waals surface area contributed by atoms with Gasteiger partial charge >= 0.3 is 6.18 Å². The van der Waals surface area contributed by atoms with Crippen molar-refractivity contribution in [1.29, 1.82) is 0 Å². The molecule has 18 heavy (non-hydrogen) atoms. The van der Waals surface area contributed by atoms with Crippen LogP contribution in [-0.4, -0.2) is 19.0 Å². The summed E-state index contributed by atoms with van der Waals surface area (Å²) < 4.78 is 37.9. The Balaban J connectivity index is 2.60. The molecule has 0 bridgehead atoms. The Morgan fingerprint density at radius 2 is 1.94 bits per heavy atom. The molecular weight excluding hydrogens is 245 g/mol. The fraction of sp³-hybridized carbons (Fsp3) is 0.417. The molecule has 0 saturated carbocycles. The zero-order valence-electron chi connectivity index (χ0n) is 9.97. The molecule has 1 rings (SSSR count). The van der Waals surface area contributed by atoms with Crippen molar-refractivity contribution < 1.29 is 18.0 Å². The summed E-state index contributed by atoms with van der Waals surface area (Å²) in [5, 5.41) is 5.24. The van der Waals surface area contributed by atoms with E-state index in [1.165, 1.54) is 12.1 Å². The van der Waals surface area contributed by atoms with Gasteiger partial charge in [0.1, 0.15) is 0 Å². The summed E-state index contributed by atoms with van der Waals surface area (Å²) in [7, 11) is 0. The molecule has 3 nitrogen and oxygen atoms in total. The summed E-state index contributed by atoms with van der Waals surface area (Å²) in [6.07, 6.45) is -4.37. The minimum atomic E-state index is -4.37. The molecule has 0 heterocycles. The summed E-state index contributed by atoms with van der Waals surface area (Å²) >= 11 is 0. The van der Waals surface area contributed by atoms with Crippen molar-refractivity contribution in [1.82, 2.24) is 10.6 Å². The van der Waals surface area contributed by atoms with Crippen LogP contribution >= 0.6 is 0 Å². The summed E-state index contributed by atoms with van der Waals surface area (Å²) in [5.74, 6) is -0.234. The van der Waals surface area contributed by atoms with Crippen molar-refractivity contribution >= 4 is 5.91 Å². The van der Waals surface area contributed by atoms with Gasteiger partial charge in [-0.25, -0.2) is 0 Å². The molecule has 0 saturated heterocycles. The minimum Gasteiger partial charge on any atom is -0.355 e. The second-order valence-corrected chi connectivity index (χ2v) is 3.71. The van der Waals surface area contributed by atoms with Gasteiger partial charge in [-0.3, -0.25) is 4.79 Å². The summed E-state index contributed by atoms with van der Waals surface area (Å²) in [6.45, 7) is 2.28. The number of rotatable bonds is 5. The van der Waals surface area contributed by atoms with Crippen molar-refractivity contribution in [3.63, 3.8) is 0 Å². The maximum Gasteiger partial charge on any atom is 0.416 e. The van der Waals surface area contributed by atoms with Gasteiger partial charge < -0.3 is 10.6 Å². The first-order chi connectivity index (χ1) is 8.45. The van der Waals surface area contributed by atoms with Gasteiger partial charge in [0, 0.05) is 13.1 Å². The Hall–Kier alpha value is -1.56. The van der Waals surface area contributed by atoms with Crippen molar-refractivity contribution in [3.05, 3.63) is 35.4 Å². The molecule has 0 aliphatic carbocycles. The molecule has 0 aromatic heterocycles. The van der Waals surface area contributed by atoms with Crippen LogP contribution in [0.25, 0.3) is 0 Å². The number of likely N-dealkylation sites (N-methyl/N-ethyl adjacent to an activating group) is 1. The topological polar surface area (TPSA) is 41.1 Å². The monoisotopic (exact) mass is 260 g/mol. The molecule has 100 valence electrons. The van der Waals surface area contributed by atoms with Crippen LogP contribution in [0.2, 0.25) is 0 Å². The molecule has 1 amide bonds. The molecule has 0 unspecified atom stereocenters. The lowest BCUT2D eigenvalue weighted by Crippen LogP contribution is -2.33. The third kappa shape index (κ3) is 4.37. The number of alkyl halides is 3. The van der Waals surface area contributed by atoms with Crippen molar-refractivity contribution in [3.8, 4) is 0 Å². The van der Waals surface area contributed by atoms with Gasteiger partial charge in [-0.15, -0.1) is 0 Å². The van der Waals surface area contributed by atoms with Crippen molar-refractivity contribution in [2.45, 2.75) is 19.6 Å². The first kappa shape index (κ1) is 14.5. The molecule has 0 atom stereocenters. The predicted octanol–water partition coefficient (Wildman–Crippen LogP) is 1.93. The quantitative estimate of drug-likeness (QED) is 0.849. The van der Waals surface area contributed by atoms with Gasteiger partial charge in [-0.2, -0.15) is 13.2 Å². The number of halogens is 3. The Morgan fingerprint density at radius 3 is 2.56 bits per heavy atom. The van der Waals surface area contributed by atoms with Crippen LogP contribution < -0.4 is 10.6 Å². The average molecular weight is 260 g/mol. The molecular formula is C12H15F3N2O. The lowest BCUT2D eigenvalue weighted by Gasteiger charge is -2.13. The molecule has 6 heteroatoms. The molecule has 0 radical (unpaired) electrons. The maximum atomic E-state index is 12.6. The zero-order valence-corrected chi connectivity index (χ0v) is 9.97. The highest BCUT2D eigenvalue weighted by molar-refractivity contribution is 5.77. The van der Waals surface area contributed by atoms with E-state index in [2.05, 4.69) is 10.6 Å². The average Bonchev–Trinajstić information content (AvgIpc) is 2.28. The SMILES string of the molecule is CCNC(=O)CNCc1ccccc1C(F)(F)F. The maximum absolute atomic E-state index is 12.6. The van der Waals surface area contributed by atoms with E-state index in [4.69, 9.17) is 0 Å². The number of carbonyl (C=O) groups excluding carboxylic acids is 1. The van der Waals surface area contributed by atoms with E-state index in [1.807, 2.05) is 0 Å². The van der Waals surface area contributed by atoms with Gasteiger partial charge in [-0.05, 0) is 18.6 Å². The zero-order chi connectivity index (χ0) is 13.6. The van der Waals surface area contributed by atoms with Gasteiger partial charge in [0.05, 0.1) is 12.1 Å². The molecule has 1 aromatic rings. The van der Waals surface area contributed by atoms with Crippen LogP contribution in [0.4, 0.5) is 13.2 Å². The van der Waals surface area contributed by atoms with Crippen LogP contribution in [-0.2, 0) is 17.5 Å². The standard InChI is InChI=1S/C12H15F3N2O/c1-2-17-11(18)8-16-7-9-5-3-4-6-10(9)12(13,14)15/h3-6,16H,2,7-8H2,1H3,(H,17,18). The fourth-order valence-electron chi connectivity index (χ4n) is 1.52. The van der Waals surface area contributed by atoms with Gasteiger partial charge in [0.2, 0.25) is 5.91 Å². The molecule has 0 aliphatic heterocycles. The number of hydrogen-bond acceptors (Lipinski definition) is 2. The van der Waals surface area contributed by atoms with E-state index in [0.717, 1.165) is 6.07 Å². The van der Waals surface area contributed by atoms with Crippen LogP contribution in [0.3, 0.4) is 0 Å². The van der Waals surface area contributed by atoms with E-state index in [9.17, 15) is 18.0 Å². The largest absolute Gasteiger partial charge is 0.416 e. The normalized spacial score (nSPS) is 11.3. The Morgan fingerprint density at radius 1 is 1.28 bits per heavy atom. The Labute approximate surface area is 103 Å². The highest BCUT2D eigenvalue weighted by Gasteiger charge is 2.32. The summed E-state index contributed by atoms with van der Waals surface area (Å²) in [4.78, 5) is 11.1. The fourth-order valence-corrected chi connectivity index (χ4v) is 1.52. The number of carbonyl (C=O) groups is 1. The van der Waals surface area contributed by atoms with Crippen LogP contribution in [0.5, 0.6) is 0 Å². The van der Waals surface area contributed by atoms with E-state index >= 15 is 0 Å². The second kappa shape index (κ2) is 6.39. The second-order valence-electron chi connectivity index (χ2n) is 3.71. The van der Waals surface area contributed by atoms with Crippen molar-refractivity contribution in [2.75, 3.05) is 13.1 Å². The van der Waals surface area contributed by atoms with Crippen LogP contribution in [0, 0.1) is 0 Å². The predicted molar refractivity (Wildman–Crippen MR) is 61.8 cm³/mol. The Bertz CT molecular complexity index is 405. The lowest BCUT2D eigenvalue weighted by atomic mass is 10.1. The molecule has 0 spiro atoms. The van der Waals surface area contributed by atoms with Crippen molar-refractivity contribution in [2.24, 2.45) is 0 Å². The highest BCUT2D eigenvalue weighted by Crippen LogP contribution is 2.31. The van der Waals surface area contributed by atoms with Gasteiger partial charge in [-0.1, -0.05) is 18.2 Å². The highest BCUT2D eigenvalue weighted by atomic mass is 19.4. The smallest absolute Gasteiger partial charge is 0.355 e. The Kier molecular flexibility index (Phi) is 5.15. The first-order valence-electron chi connectivity index (χ1n) is 5.57. The molecule has 1 aromatic carbocycles. The molecule has 0 fully saturated rings. The number of amides is 1. The van der Waals surface area contributed by atoms with E-state index in [-0.39, 0.29) is 24.6 Å². The van der Waals surface area contributed by atoms with Crippen LogP contribution in [0.15, 0.2) is 24.3 Å². The molecule has 2 N–H and O–H groups in total.